The molecule has 0 rings (SSSR count). The van der Waals surface area contributed by atoms with Crippen LogP contribution in [0.25, 0.3) is 0 Å². The van der Waals surface area contributed by atoms with Crippen LogP contribution in [0.4, 0.5) is 0 Å². The Hall–Kier alpha value is -2.70. The van der Waals surface area contributed by atoms with Crippen LogP contribution in [0, 0.1) is 0 Å². The highest BCUT2D eigenvalue weighted by molar-refractivity contribution is 5.77. The van der Waals surface area contributed by atoms with E-state index in [4.69, 9.17) is 4.74 Å². The molecule has 0 saturated carbocycles. The fraction of sp³-hybridized carbons (Fsp3) is 0.741. The molecule has 0 aliphatic rings. The predicted octanol–water partition coefficient (Wildman–Crippen LogP) is 15.0. The molecule has 0 spiro atoms. The second-order valence-corrected chi connectivity index (χ2v) is 16.9. The molecule has 0 saturated heterocycles. The van der Waals surface area contributed by atoms with Gasteiger partial charge in [-0.25, -0.2) is 0 Å². The minimum atomic E-state index is -0.803. The lowest BCUT2D eigenvalue weighted by molar-refractivity contribution is -0.151. The lowest BCUT2D eigenvalue weighted by Crippen LogP contribution is -2.46. The molecule has 0 fully saturated rings. The highest BCUT2D eigenvalue weighted by atomic mass is 16.5. The summed E-state index contributed by atoms with van der Waals surface area (Å²) in [5.41, 5.74) is 0. The van der Waals surface area contributed by atoms with Gasteiger partial charge in [0.25, 0.3) is 0 Å². The zero-order valence-corrected chi connectivity index (χ0v) is 39.3. The summed E-state index contributed by atoms with van der Waals surface area (Å²) in [6.45, 7) is 6.30. The van der Waals surface area contributed by atoms with E-state index in [1.54, 1.807) is 0 Å². The first-order valence-electron chi connectivity index (χ1n) is 25.2. The van der Waals surface area contributed by atoms with Crippen molar-refractivity contribution in [2.45, 2.75) is 251 Å². The number of carbonyl (C=O) groups excluding carboxylic acids is 2. The fourth-order valence-corrected chi connectivity index (χ4v) is 7.26. The van der Waals surface area contributed by atoms with Crippen molar-refractivity contribution in [3.8, 4) is 0 Å². The molecule has 6 nitrogen and oxygen atoms in total. The SMILES string of the molecule is CC/C=C/C=C/C=C\CCCCCC(CC(=O)NC(CO)C(O)CCCCCCCCCCCCCCC)OC(=O)CCCCCC/C=C\C/C=C\C/C=C\CCCCC. The largest absolute Gasteiger partial charge is 0.462 e. The van der Waals surface area contributed by atoms with Crippen LogP contribution >= 0.6 is 0 Å². The summed E-state index contributed by atoms with van der Waals surface area (Å²) >= 11 is 0. The third-order valence-electron chi connectivity index (χ3n) is 11.1. The Bertz CT molecular complexity index is 1120. The van der Waals surface area contributed by atoms with Gasteiger partial charge in [0.15, 0.2) is 0 Å². The Morgan fingerprint density at radius 1 is 0.517 bits per heavy atom. The fourth-order valence-electron chi connectivity index (χ4n) is 7.26. The molecule has 3 unspecified atom stereocenters. The number of allylic oxidation sites excluding steroid dienone is 12. The van der Waals surface area contributed by atoms with Gasteiger partial charge in [-0.2, -0.15) is 0 Å². The normalized spacial score (nSPS) is 13.9. The predicted molar refractivity (Wildman–Crippen MR) is 259 cm³/mol. The van der Waals surface area contributed by atoms with Crippen LogP contribution in [0.1, 0.15) is 233 Å². The van der Waals surface area contributed by atoms with Gasteiger partial charge in [-0.3, -0.25) is 9.59 Å². The standard InChI is InChI=1S/C54H95NO5/c1-4-7-10-13-16-19-22-24-25-26-27-29-32-35-38-41-44-47-54(59)60-50(45-42-39-36-33-30-21-18-15-12-9-6-3)48-53(58)55-51(49-56)52(57)46-43-40-37-34-31-28-23-20-17-14-11-8-5-2/h9,12,15-16,18-19,21,24-25,27,29-30,50-52,56-57H,4-8,10-11,13-14,17,20,22-23,26,28,31-49H2,1-3H3,(H,55,58)/b12-9+,18-15+,19-16-,25-24-,29-27-,30-21-. The summed E-state index contributed by atoms with van der Waals surface area (Å²) in [5.74, 6) is -0.537. The van der Waals surface area contributed by atoms with Crippen molar-refractivity contribution in [1.82, 2.24) is 5.32 Å². The van der Waals surface area contributed by atoms with Crippen LogP contribution in [-0.2, 0) is 14.3 Å². The first-order chi connectivity index (χ1) is 29.5. The van der Waals surface area contributed by atoms with Gasteiger partial charge >= 0.3 is 5.97 Å². The van der Waals surface area contributed by atoms with Crippen molar-refractivity contribution in [3.05, 3.63) is 72.9 Å². The monoisotopic (exact) mass is 838 g/mol. The Balaban J connectivity index is 4.61. The third kappa shape index (κ3) is 42.0. The van der Waals surface area contributed by atoms with Crippen molar-refractivity contribution >= 4 is 11.9 Å². The number of aliphatic hydroxyl groups excluding tert-OH is 2. The van der Waals surface area contributed by atoms with Gasteiger partial charge < -0.3 is 20.3 Å². The van der Waals surface area contributed by atoms with Gasteiger partial charge in [0.2, 0.25) is 5.91 Å². The summed E-state index contributed by atoms with van der Waals surface area (Å²) in [6.07, 6.45) is 59.6. The molecule has 346 valence electrons. The molecule has 1 amide bonds. The van der Waals surface area contributed by atoms with E-state index in [0.717, 1.165) is 96.3 Å². The van der Waals surface area contributed by atoms with Gasteiger partial charge in [-0.15, -0.1) is 0 Å². The number of rotatable bonds is 44. The van der Waals surface area contributed by atoms with Gasteiger partial charge in [-0.1, -0.05) is 209 Å². The molecule has 6 heteroatoms. The maximum Gasteiger partial charge on any atom is 0.306 e. The van der Waals surface area contributed by atoms with E-state index in [0.29, 0.717) is 19.3 Å². The van der Waals surface area contributed by atoms with Crippen LogP contribution in [0.2, 0.25) is 0 Å². The summed E-state index contributed by atoms with van der Waals surface area (Å²) in [5, 5.41) is 23.7. The zero-order valence-electron chi connectivity index (χ0n) is 39.3. The first kappa shape index (κ1) is 57.3. The minimum absolute atomic E-state index is 0.0426. The molecule has 0 heterocycles. The second-order valence-electron chi connectivity index (χ2n) is 16.9. The Labute approximate surface area is 371 Å². The van der Waals surface area contributed by atoms with E-state index in [2.05, 4.69) is 86.8 Å². The lowest BCUT2D eigenvalue weighted by Gasteiger charge is -2.24. The quantitative estimate of drug-likeness (QED) is 0.0246. The van der Waals surface area contributed by atoms with Gasteiger partial charge in [0, 0.05) is 6.42 Å². The highest BCUT2D eigenvalue weighted by Gasteiger charge is 2.24. The van der Waals surface area contributed by atoms with Crippen molar-refractivity contribution in [3.63, 3.8) is 0 Å². The lowest BCUT2D eigenvalue weighted by atomic mass is 10.0. The second kappa shape index (κ2) is 47.4. The number of carbonyl (C=O) groups is 2. The van der Waals surface area contributed by atoms with E-state index in [-0.39, 0.29) is 24.9 Å². The molecule has 3 atom stereocenters. The van der Waals surface area contributed by atoms with Crippen LogP contribution in [0.5, 0.6) is 0 Å². The smallest absolute Gasteiger partial charge is 0.306 e. The van der Waals surface area contributed by atoms with E-state index in [9.17, 15) is 19.8 Å². The summed E-state index contributed by atoms with van der Waals surface area (Å²) in [6, 6.07) is -0.719. The number of ether oxygens (including phenoxy) is 1. The van der Waals surface area contributed by atoms with Gasteiger partial charge in [0.05, 0.1) is 25.2 Å². The third-order valence-corrected chi connectivity index (χ3v) is 11.1. The molecular formula is C54H95NO5. The molecule has 0 bridgehead atoms. The average Bonchev–Trinajstić information content (AvgIpc) is 3.24. The number of hydrogen-bond acceptors (Lipinski definition) is 5. The van der Waals surface area contributed by atoms with Crippen LogP contribution in [-0.4, -0.2) is 46.9 Å². The number of unbranched alkanes of at least 4 members (excludes halogenated alkanes) is 22. The first-order valence-corrected chi connectivity index (χ1v) is 25.2. The number of amides is 1. The molecule has 0 aromatic carbocycles. The minimum Gasteiger partial charge on any atom is -0.462 e. The highest BCUT2D eigenvalue weighted by Crippen LogP contribution is 2.17. The molecule has 0 aromatic heterocycles. The van der Waals surface area contributed by atoms with Crippen molar-refractivity contribution in [2.75, 3.05) is 6.61 Å². The number of esters is 1. The molecule has 0 aliphatic heterocycles. The molecule has 60 heavy (non-hydrogen) atoms. The van der Waals surface area contributed by atoms with E-state index >= 15 is 0 Å². The van der Waals surface area contributed by atoms with E-state index in [1.807, 2.05) is 12.2 Å². The van der Waals surface area contributed by atoms with Crippen LogP contribution in [0.15, 0.2) is 72.9 Å². The topological polar surface area (TPSA) is 95.9 Å². The van der Waals surface area contributed by atoms with Crippen LogP contribution < -0.4 is 5.32 Å². The van der Waals surface area contributed by atoms with Gasteiger partial charge in [-0.05, 0) is 83.5 Å². The molecule has 3 N–H and O–H groups in total. The number of aliphatic hydroxyl groups is 2. The number of hydrogen-bond donors (Lipinski definition) is 3. The molecule has 0 radical (unpaired) electrons. The summed E-state index contributed by atoms with van der Waals surface area (Å²) in [7, 11) is 0. The van der Waals surface area contributed by atoms with Crippen LogP contribution in [0.3, 0.4) is 0 Å². The molecule has 0 aromatic rings. The zero-order chi connectivity index (χ0) is 43.8. The van der Waals surface area contributed by atoms with Crippen molar-refractivity contribution < 1.29 is 24.5 Å². The Morgan fingerprint density at radius 2 is 0.967 bits per heavy atom. The maximum absolute atomic E-state index is 13.2. The number of nitrogens with one attached hydrogen (secondary N) is 1. The Morgan fingerprint density at radius 3 is 1.55 bits per heavy atom. The summed E-state index contributed by atoms with van der Waals surface area (Å²) in [4.78, 5) is 26.1. The Kier molecular flexibility index (Phi) is 45.2. The van der Waals surface area contributed by atoms with E-state index in [1.165, 1.54) is 89.9 Å². The molecule has 0 aliphatic carbocycles. The summed E-state index contributed by atoms with van der Waals surface area (Å²) < 4.78 is 5.89. The average molecular weight is 838 g/mol. The van der Waals surface area contributed by atoms with Crippen molar-refractivity contribution in [2.24, 2.45) is 0 Å². The van der Waals surface area contributed by atoms with Gasteiger partial charge in [0.1, 0.15) is 6.10 Å². The molecular weight excluding hydrogens is 743 g/mol. The van der Waals surface area contributed by atoms with E-state index < -0.39 is 18.2 Å². The maximum atomic E-state index is 13.2. The van der Waals surface area contributed by atoms with Crippen molar-refractivity contribution in [1.29, 1.82) is 0 Å².